The second-order valence-corrected chi connectivity index (χ2v) is 13.6. The maximum Gasteiger partial charge on any atom is 0.331 e. The zero-order valence-corrected chi connectivity index (χ0v) is 22.7. The van der Waals surface area contributed by atoms with E-state index in [0.29, 0.717) is 38.5 Å². The Hall–Kier alpha value is -1.44. The number of carbonyl (C=O) groups excluding carboxylic acids is 2. The van der Waals surface area contributed by atoms with Crippen LogP contribution in [-0.4, -0.2) is 99.2 Å². The molecule has 0 radical (unpaired) electrons. The van der Waals surface area contributed by atoms with E-state index in [4.69, 9.17) is 18.9 Å². The number of rotatable bonds is 3. The normalized spacial score (nSPS) is 57.0. The Balaban J connectivity index is 1.19. The van der Waals surface area contributed by atoms with E-state index in [1.54, 1.807) is 0 Å². The predicted octanol–water partition coefficient (Wildman–Crippen LogP) is -0.0561. The first-order valence-electron chi connectivity index (χ1n) is 14.7. The van der Waals surface area contributed by atoms with Crippen LogP contribution in [0.25, 0.3) is 0 Å². The lowest BCUT2D eigenvalue weighted by Gasteiger charge is -2.65. The molecule has 4 aliphatic carbocycles. The van der Waals surface area contributed by atoms with Gasteiger partial charge in [0.05, 0.1) is 36.6 Å². The molecule has 14 atom stereocenters. The van der Waals surface area contributed by atoms with Gasteiger partial charge in [0, 0.05) is 23.3 Å². The van der Waals surface area contributed by atoms with E-state index < -0.39 is 65.0 Å². The topological polar surface area (TPSA) is 172 Å². The monoisotopic (exact) mass is 564 g/mol. The van der Waals surface area contributed by atoms with Gasteiger partial charge in [0.2, 0.25) is 12.1 Å². The maximum absolute atomic E-state index is 13.2. The smallest absolute Gasteiger partial charge is 0.331 e. The Labute approximate surface area is 232 Å². The van der Waals surface area contributed by atoms with E-state index in [2.05, 4.69) is 0 Å². The summed E-state index contributed by atoms with van der Waals surface area (Å²) in [5.41, 5.74) is -2.22. The fourth-order valence-electron chi connectivity index (χ4n) is 10.2. The van der Waals surface area contributed by atoms with E-state index in [0.717, 1.165) is 11.9 Å². The molecule has 0 aromatic rings. The van der Waals surface area contributed by atoms with Gasteiger partial charge in [-0.05, 0) is 74.2 Å². The molecule has 5 N–H and O–H groups in total. The Morgan fingerprint density at radius 3 is 2.52 bits per heavy atom. The highest BCUT2D eigenvalue weighted by Gasteiger charge is 2.73. The Morgan fingerprint density at radius 2 is 1.82 bits per heavy atom. The summed E-state index contributed by atoms with van der Waals surface area (Å²) in [7, 11) is 0. The third kappa shape index (κ3) is 3.40. The predicted molar refractivity (Wildman–Crippen MR) is 134 cm³/mol. The van der Waals surface area contributed by atoms with Gasteiger partial charge >= 0.3 is 5.97 Å². The lowest BCUT2D eigenvalue weighted by Crippen LogP contribution is -2.72. The molecule has 6 fully saturated rings. The maximum atomic E-state index is 13.2. The van der Waals surface area contributed by atoms with E-state index in [9.17, 15) is 35.1 Å². The number of hydrogen-bond donors (Lipinski definition) is 5. The Bertz CT molecular complexity index is 1110. The molecule has 0 bridgehead atoms. The summed E-state index contributed by atoms with van der Waals surface area (Å²) in [6.07, 6.45) is 0.570. The van der Waals surface area contributed by atoms with E-state index in [1.807, 2.05) is 6.92 Å². The quantitative estimate of drug-likeness (QED) is 0.177. The molecule has 7 rings (SSSR count). The molecule has 3 heterocycles. The van der Waals surface area contributed by atoms with Crippen molar-refractivity contribution >= 4 is 12.3 Å². The van der Waals surface area contributed by atoms with E-state index >= 15 is 0 Å². The zero-order valence-electron chi connectivity index (χ0n) is 22.7. The number of esters is 1. The fraction of sp³-hybridized carbons (Fsp3) is 0.862. The van der Waals surface area contributed by atoms with E-state index in [-0.39, 0.29) is 49.7 Å². The minimum atomic E-state index is -2.13. The average molecular weight is 565 g/mol. The van der Waals surface area contributed by atoms with Gasteiger partial charge in [-0.15, -0.1) is 0 Å². The first-order chi connectivity index (χ1) is 19.0. The summed E-state index contributed by atoms with van der Waals surface area (Å²) in [5.74, 6) is -3.35. The fourth-order valence-corrected chi connectivity index (χ4v) is 10.2. The van der Waals surface area contributed by atoms with Crippen molar-refractivity contribution in [1.82, 2.24) is 0 Å². The molecule has 40 heavy (non-hydrogen) atoms. The van der Waals surface area contributed by atoms with Crippen molar-refractivity contribution in [2.24, 2.45) is 34.5 Å². The van der Waals surface area contributed by atoms with Crippen LogP contribution in [-0.2, 0) is 28.5 Å². The average Bonchev–Trinajstić information content (AvgIpc) is 3.48. The molecular weight excluding hydrogens is 524 g/mol. The van der Waals surface area contributed by atoms with E-state index in [1.165, 1.54) is 6.08 Å². The Kier molecular flexibility index (Phi) is 6.19. The number of aldehydes is 1. The van der Waals surface area contributed by atoms with Gasteiger partial charge in [0.15, 0.2) is 0 Å². The summed E-state index contributed by atoms with van der Waals surface area (Å²) >= 11 is 0. The van der Waals surface area contributed by atoms with Crippen molar-refractivity contribution in [3.05, 3.63) is 11.6 Å². The second-order valence-electron chi connectivity index (χ2n) is 13.6. The highest BCUT2D eigenvalue weighted by atomic mass is 16.8. The van der Waals surface area contributed by atoms with Gasteiger partial charge in [0.25, 0.3) is 0 Å². The number of ether oxygens (including phenoxy) is 4. The molecule has 222 valence electrons. The van der Waals surface area contributed by atoms with Crippen LogP contribution in [0.15, 0.2) is 11.6 Å². The van der Waals surface area contributed by atoms with Crippen molar-refractivity contribution in [3.63, 3.8) is 0 Å². The molecule has 11 nitrogen and oxygen atoms in total. The van der Waals surface area contributed by atoms with Crippen molar-refractivity contribution in [3.8, 4) is 0 Å². The lowest BCUT2D eigenvalue weighted by atomic mass is 9.42. The molecule has 0 aromatic carbocycles. The SMILES string of the molecule is C[C@]12[C@H](O)C[C@H]3[C@@H](CC[C@H]4C[C@H]5O[C@@H]6O[C@H](CO)C[C@H](O)[C@]6(O)O[C@@H]5C[C@@]43C=O)[C@@]1(O)CC[C@@H]2C1=CC(=O)OC1. The van der Waals surface area contributed by atoms with Crippen molar-refractivity contribution in [2.75, 3.05) is 13.2 Å². The number of hydrogen-bond acceptors (Lipinski definition) is 11. The minimum absolute atomic E-state index is 0.0254. The number of aliphatic hydroxyl groups excluding tert-OH is 3. The molecule has 3 aliphatic heterocycles. The van der Waals surface area contributed by atoms with Crippen LogP contribution >= 0.6 is 0 Å². The molecule has 0 amide bonds. The Morgan fingerprint density at radius 1 is 1.02 bits per heavy atom. The van der Waals surface area contributed by atoms with Crippen LogP contribution in [0.2, 0.25) is 0 Å². The number of carbonyl (C=O) groups is 2. The third-order valence-electron chi connectivity index (χ3n) is 12.3. The van der Waals surface area contributed by atoms with Crippen LogP contribution in [0.4, 0.5) is 0 Å². The summed E-state index contributed by atoms with van der Waals surface area (Å²) in [5, 5.41) is 55.7. The first-order valence-corrected chi connectivity index (χ1v) is 14.7. The van der Waals surface area contributed by atoms with Gasteiger partial charge in [-0.2, -0.15) is 0 Å². The molecule has 11 heteroatoms. The summed E-state index contributed by atoms with van der Waals surface area (Å²) in [6, 6.07) is 0. The molecular formula is C29H40O11. The second kappa shape index (κ2) is 9.03. The lowest BCUT2D eigenvalue weighted by molar-refractivity contribution is -0.459. The molecule has 0 unspecified atom stereocenters. The van der Waals surface area contributed by atoms with Crippen molar-refractivity contribution < 1.29 is 54.1 Å². The molecule has 0 spiro atoms. The van der Waals surface area contributed by atoms with Gasteiger partial charge in [-0.3, -0.25) is 0 Å². The van der Waals surface area contributed by atoms with Crippen LogP contribution in [0.3, 0.4) is 0 Å². The third-order valence-corrected chi connectivity index (χ3v) is 12.3. The van der Waals surface area contributed by atoms with Crippen LogP contribution in [0, 0.1) is 34.5 Å². The zero-order chi connectivity index (χ0) is 28.2. The summed E-state index contributed by atoms with van der Waals surface area (Å²) in [6.45, 7) is 1.77. The number of cyclic esters (lactones) is 1. The molecule has 7 aliphatic rings. The molecule has 4 saturated carbocycles. The minimum Gasteiger partial charge on any atom is -0.458 e. The van der Waals surface area contributed by atoms with Crippen molar-refractivity contribution in [2.45, 2.75) is 106 Å². The first kappa shape index (κ1) is 27.4. The van der Waals surface area contributed by atoms with Gasteiger partial charge in [-0.25, -0.2) is 4.79 Å². The molecule has 0 aromatic heterocycles. The van der Waals surface area contributed by atoms with Crippen LogP contribution < -0.4 is 0 Å². The summed E-state index contributed by atoms with van der Waals surface area (Å²) in [4.78, 5) is 25.0. The number of fused-ring (bicyclic) bond motifs is 7. The largest absolute Gasteiger partial charge is 0.458 e. The van der Waals surface area contributed by atoms with Crippen LogP contribution in [0.5, 0.6) is 0 Å². The summed E-state index contributed by atoms with van der Waals surface area (Å²) < 4.78 is 23.2. The number of aliphatic hydroxyl groups is 5. The van der Waals surface area contributed by atoms with Crippen LogP contribution in [0.1, 0.15) is 58.3 Å². The highest BCUT2D eigenvalue weighted by molar-refractivity contribution is 5.85. The molecule has 2 saturated heterocycles. The highest BCUT2D eigenvalue weighted by Crippen LogP contribution is 2.70. The van der Waals surface area contributed by atoms with Gasteiger partial charge < -0.3 is 49.3 Å². The standard InChI is InChI=1S/C29H40O11/c1-26-17(14-6-24(34)37-12-14)4-5-28(26,35)18-3-2-15-7-20-21(10-27(15,13-31)19(18)9-22(26)32)40-29(36)23(33)8-16(11-30)38-25(29)39-20/h6,13,15-23,25,30,32-33,35-36H,2-5,7-12H2,1H3/t15-,16-,17+,18+,19-,20+,21+,22+,23-,25-,26-,27+,28-,29-/m0/s1. The van der Waals surface area contributed by atoms with Gasteiger partial charge in [-0.1, -0.05) is 6.92 Å². The van der Waals surface area contributed by atoms with Gasteiger partial charge in [0.1, 0.15) is 19.0 Å². The van der Waals surface area contributed by atoms with Crippen molar-refractivity contribution in [1.29, 1.82) is 0 Å².